The maximum absolute atomic E-state index is 11.0. The van der Waals surface area contributed by atoms with E-state index >= 15 is 0 Å². The van der Waals surface area contributed by atoms with E-state index in [1.807, 2.05) is 12.1 Å². The van der Waals surface area contributed by atoms with E-state index < -0.39 is 6.16 Å². The van der Waals surface area contributed by atoms with Crippen LogP contribution in [0.1, 0.15) is 30.4 Å². The summed E-state index contributed by atoms with van der Waals surface area (Å²) in [4.78, 5) is 11.0. The first kappa shape index (κ1) is 15.0. The van der Waals surface area contributed by atoms with E-state index in [4.69, 9.17) is 9.84 Å². The van der Waals surface area contributed by atoms with Gasteiger partial charge >= 0.3 is 6.16 Å². The van der Waals surface area contributed by atoms with Crippen LogP contribution < -0.4 is 0 Å². The Hall–Kier alpha value is -2.55. The van der Waals surface area contributed by atoms with Crippen LogP contribution in [0.4, 0.5) is 4.79 Å². The van der Waals surface area contributed by atoms with Crippen LogP contribution in [0, 0.1) is 11.8 Å². The van der Waals surface area contributed by atoms with Crippen molar-refractivity contribution in [3.63, 3.8) is 0 Å². The molecule has 0 amide bonds. The largest absolute Gasteiger partial charge is 0.506 e. The maximum atomic E-state index is 11.0. The molecule has 2 fully saturated rings. The molecule has 0 saturated heterocycles. The lowest BCUT2D eigenvalue weighted by Crippen LogP contribution is -2.23. The Labute approximate surface area is 141 Å². The molecule has 1 N–H and O–H groups in total. The summed E-state index contributed by atoms with van der Waals surface area (Å²) in [5, 5.41) is 9.02. The predicted molar refractivity (Wildman–Crippen MR) is 92.6 cm³/mol. The lowest BCUT2D eigenvalue weighted by Gasteiger charge is -2.20. The van der Waals surface area contributed by atoms with Gasteiger partial charge in [-0.15, -0.1) is 0 Å². The van der Waals surface area contributed by atoms with E-state index in [1.165, 1.54) is 22.3 Å². The molecular weight excluding hydrogens is 300 g/mol. The Morgan fingerprint density at radius 3 is 2.04 bits per heavy atom. The number of hydrogen-bond acceptors (Lipinski definition) is 2. The number of fused-ring (bicyclic) bond motifs is 2. The fourth-order valence-electron chi connectivity index (χ4n) is 4.43. The Kier molecular flexibility index (Phi) is 3.85. The summed E-state index contributed by atoms with van der Waals surface area (Å²) >= 11 is 0. The first-order valence-electron chi connectivity index (χ1n) is 8.48. The number of carbonyl (C=O) groups is 1. The van der Waals surface area contributed by atoms with Gasteiger partial charge in [0.05, 0.1) is 0 Å². The van der Waals surface area contributed by atoms with Gasteiger partial charge in [0, 0.05) is 5.92 Å². The quantitative estimate of drug-likeness (QED) is 0.811. The molecule has 3 nitrogen and oxygen atoms in total. The second-order valence-corrected chi connectivity index (χ2v) is 6.60. The lowest BCUT2D eigenvalue weighted by atomic mass is 9.88. The van der Waals surface area contributed by atoms with Gasteiger partial charge in [0.25, 0.3) is 0 Å². The van der Waals surface area contributed by atoms with Gasteiger partial charge < -0.3 is 9.84 Å². The first-order chi connectivity index (χ1) is 11.7. The van der Waals surface area contributed by atoms with Crippen molar-refractivity contribution >= 4 is 11.7 Å². The molecule has 2 aliphatic carbocycles. The summed E-state index contributed by atoms with van der Waals surface area (Å²) < 4.78 is 5.18. The molecule has 0 radical (unpaired) electrons. The minimum Gasteiger partial charge on any atom is -0.450 e. The fraction of sp³-hybridized carbons (Fsp3) is 0.286. The molecule has 0 aromatic heterocycles. The number of carboxylic acid groups (broad SMARTS) is 1. The van der Waals surface area contributed by atoms with Crippen molar-refractivity contribution in [3.05, 3.63) is 77.4 Å². The van der Waals surface area contributed by atoms with Crippen molar-refractivity contribution in [1.82, 2.24) is 0 Å². The topological polar surface area (TPSA) is 46.5 Å². The van der Waals surface area contributed by atoms with Crippen molar-refractivity contribution in [2.45, 2.75) is 25.4 Å². The standard InChI is InChI=1S/C21H20O3/c22-21(23)24-18-13-16-11-12-17(18)20(16)19(14-7-3-1-4-8-14)15-9-5-2-6-10-15/h1-10,16-18H,11-13H2,(H,22,23). The average Bonchev–Trinajstić information content (AvgIpc) is 3.14. The third-order valence-electron chi connectivity index (χ3n) is 5.30. The molecular formula is C21H20O3. The summed E-state index contributed by atoms with van der Waals surface area (Å²) in [5.74, 6) is 0.635. The second kappa shape index (κ2) is 6.16. The van der Waals surface area contributed by atoms with Crippen LogP contribution in [-0.2, 0) is 4.74 Å². The van der Waals surface area contributed by atoms with Gasteiger partial charge in [0.15, 0.2) is 0 Å². The van der Waals surface area contributed by atoms with Gasteiger partial charge in [-0.25, -0.2) is 4.79 Å². The molecule has 24 heavy (non-hydrogen) atoms. The van der Waals surface area contributed by atoms with E-state index in [1.54, 1.807) is 0 Å². The van der Waals surface area contributed by atoms with Crippen molar-refractivity contribution in [1.29, 1.82) is 0 Å². The average molecular weight is 320 g/mol. The van der Waals surface area contributed by atoms with Crippen molar-refractivity contribution < 1.29 is 14.6 Å². The highest BCUT2D eigenvalue weighted by molar-refractivity contribution is 5.83. The van der Waals surface area contributed by atoms with E-state index in [-0.39, 0.29) is 12.0 Å². The van der Waals surface area contributed by atoms with Crippen LogP contribution in [-0.4, -0.2) is 17.4 Å². The number of hydrogen-bond donors (Lipinski definition) is 1. The molecule has 2 saturated carbocycles. The summed E-state index contributed by atoms with van der Waals surface area (Å²) in [6, 6.07) is 20.8. The Morgan fingerprint density at radius 1 is 0.917 bits per heavy atom. The van der Waals surface area contributed by atoms with Crippen molar-refractivity contribution in [3.8, 4) is 0 Å². The Bertz CT molecular complexity index is 723. The third kappa shape index (κ3) is 2.60. The molecule has 0 heterocycles. The molecule has 2 bridgehead atoms. The molecule has 2 aliphatic rings. The van der Waals surface area contributed by atoms with E-state index in [0.29, 0.717) is 5.92 Å². The van der Waals surface area contributed by atoms with Crippen molar-refractivity contribution in [2.24, 2.45) is 11.8 Å². The monoisotopic (exact) mass is 320 g/mol. The molecule has 3 unspecified atom stereocenters. The highest BCUT2D eigenvalue weighted by Crippen LogP contribution is 2.54. The van der Waals surface area contributed by atoms with Crippen LogP contribution in [0.5, 0.6) is 0 Å². The zero-order valence-electron chi connectivity index (χ0n) is 13.4. The highest BCUT2D eigenvalue weighted by Gasteiger charge is 2.47. The minimum absolute atomic E-state index is 0.196. The van der Waals surface area contributed by atoms with Crippen LogP contribution in [0.25, 0.3) is 5.57 Å². The van der Waals surface area contributed by atoms with Crippen LogP contribution in [0.2, 0.25) is 0 Å². The van der Waals surface area contributed by atoms with Gasteiger partial charge in [0.1, 0.15) is 6.10 Å². The Morgan fingerprint density at radius 2 is 1.50 bits per heavy atom. The minimum atomic E-state index is -1.16. The molecule has 122 valence electrons. The van der Waals surface area contributed by atoms with E-state index in [0.717, 1.165) is 19.3 Å². The fourth-order valence-corrected chi connectivity index (χ4v) is 4.43. The zero-order chi connectivity index (χ0) is 16.5. The van der Waals surface area contributed by atoms with Crippen LogP contribution in [0.3, 0.4) is 0 Å². The van der Waals surface area contributed by atoms with E-state index in [2.05, 4.69) is 48.5 Å². The lowest BCUT2D eigenvalue weighted by molar-refractivity contribution is 0.0293. The zero-order valence-corrected chi connectivity index (χ0v) is 13.4. The van der Waals surface area contributed by atoms with E-state index in [9.17, 15) is 4.79 Å². The molecule has 3 heteroatoms. The summed E-state index contributed by atoms with van der Waals surface area (Å²) in [7, 11) is 0. The van der Waals surface area contributed by atoms with Crippen LogP contribution in [0.15, 0.2) is 66.2 Å². The van der Waals surface area contributed by atoms with Gasteiger partial charge in [-0.3, -0.25) is 0 Å². The summed E-state index contributed by atoms with van der Waals surface area (Å²) in [5.41, 5.74) is 5.05. The molecule has 0 spiro atoms. The van der Waals surface area contributed by atoms with Gasteiger partial charge in [-0.2, -0.15) is 0 Å². The molecule has 0 aliphatic heterocycles. The molecule has 3 atom stereocenters. The molecule has 2 aromatic carbocycles. The second-order valence-electron chi connectivity index (χ2n) is 6.60. The first-order valence-corrected chi connectivity index (χ1v) is 8.48. The summed E-state index contributed by atoms with van der Waals surface area (Å²) in [6.45, 7) is 0. The van der Waals surface area contributed by atoms with Gasteiger partial charge in [-0.05, 0) is 41.9 Å². The maximum Gasteiger partial charge on any atom is 0.506 e. The smallest absolute Gasteiger partial charge is 0.450 e. The number of rotatable bonds is 3. The molecule has 4 rings (SSSR count). The number of ether oxygens (including phenoxy) is 1. The Balaban J connectivity index is 1.84. The SMILES string of the molecule is O=C(O)OC1CC2CCC1C2=C(c1ccccc1)c1ccccc1. The normalized spacial score (nSPS) is 24.8. The number of benzene rings is 2. The predicted octanol–water partition coefficient (Wildman–Crippen LogP) is 4.98. The van der Waals surface area contributed by atoms with Gasteiger partial charge in [-0.1, -0.05) is 66.2 Å². The van der Waals surface area contributed by atoms with Crippen LogP contribution >= 0.6 is 0 Å². The molecule has 2 aromatic rings. The van der Waals surface area contributed by atoms with Crippen molar-refractivity contribution in [2.75, 3.05) is 0 Å². The highest BCUT2D eigenvalue weighted by atomic mass is 16.7. The van der Waals surface area contributed by atoms with Gasteiger partial charge in [0.2, 0.25) is 0 Å². The third-order valence-corrected chi connectivity index (χ3v) is 5.30. The summed E-state index contributed by atoms with van der Waals surface area (Å²) in [6.07, 6.45) is 1.60.